The standard InChI is InChI=1S/C13H13N/c1-13(6-7-13)12-4-2-3-10-5-8-14-9-11(10)12/h2-5,8-9H,6-7H2,1H3. The summed E-state index contributed by atoms with van der Waals surface area (Å²) in [4.78, 5) is 4.21. The molecule has 1 aliphatic rings. The summed E-state index contributed by atoms with van der Waals surface area (Å²) in [6.07, 6.45) is 6.50. The van der Waals surface area contributed by atoms with Crippen LogP contribution in [-0.2, 0) is 5.41 Å². The highest BCUT2D eigenvalue weighted by atomic mass is 14.6. The maximum absolute atomic E-state index is 4.21. The summed E-state index contributed by atoms with van der Waals surface area (Å²) < 4.78 is 0. The molecular formula is C13H13N. The van der Waals surface area contributed by atoms with Gasteiger partial charge in [0, 0.05) is 17.8 Å². The summed E-state index contributed by atoms with van der Waals surface area (Å²) in [6.45, 7) is 2.34. The highest BCUT2D eigenvalue weighted by Crippen LogP contribution is 2.49. The predicted molar refractivity (Wildman–Crippen MR) is 58.3 cm³/mol. The lowest BCUT2D eigenvalue weighted by Gasteiger charge is -2.11. The zero-order chi connectivity index (χ0) is 9.60. The van der Waals surface area contributed by atoms with Crippen LogP contribution in [0.15, 0.2) is 36.7 Å². The van der Waals surface area contributed by atoms with E-state index in [9.17, 15) is 0 Å². The van der Waals surface area contributed by atoms with Gasteiger partial charge >= 0.3 is 0 Å². The first-order chi connectivity index (χ1) is 6.80. The van der Waals surface area contributed by atoms with Crippen LogP contribution in [0.1, 0.15) is 25.3 Å². The van der Waals surface area contributed by atoms with Gasteiger partial charge in [0.1, 0.15) is 0 Å². The predicted octanol–water partition coefficient (Wildman–Crippen LogP) is 3.29. The average molecular weight is 183 g/mol. The van der Waals surface area contributed by atoms with Gasteiger partial charge in [0.2, 0.25) is 0 Å². The van der Waals surface area contributed by atoms with Crippen molar-refractivity contribution < 1.29 is 0 Å². The Morgan fingerprint density at radius 1 is 1.21 bits per heavy atom. The molecule has 1 heterocycles. The zero-order valence-corrected chi connectivity index (χ0v) is 8.33. The highest BCUT2D eigenvalue weighted by molar-refractivity contribution is 5.86. The van der Waals surface area contributed by atoms with Crippen LogP contribution < -0.4 is 0 Å². The second-order valence-corrected chi connectivity index (χ2v) is 4.46. The maximum atomic E-state index is 4.21. The van der Waals surface area contributed by atoms with Gasteiger partial charge < -0.3 is 0 Å². The number of rotatable bonds is 1. The summed E-state index contributed by atoms with van der Waals surface area (Å²) in [7, 11) is 0. The fraction of sp³-hybridized carbons (Fsp3) is 0.308. The average Bonchev–Trinajstić information content (AvgIpc) is 2.97. The molecule has 1 aromatic carbocycles. The molecule has 1 heteroatoms. The number of hydrogen-bond donors (Lipinski definition) is 0. The van der Waals surface area contributed by atoms with Crippen LogP contribution in [0.4, 0.5) is 0 Å². The molecule has 0 radical (unpaired) electrons. The van der Waals surface area contributed by atoms with Gasteiger partial charge in [-0.15, -0.1) is 0 Å². The monoisotopic (exact) mass is 183 g/mol. The second-order valence-electron chi connectivity index (χ2n) is 4.46. The molecular weight excluding hydrogens is 170 g/mol. The minimum Gasteiger partial charge on any atom is -0.264 e. The van der Waals surface area contributed by atoms with Crippen LogP contribution in [-0.4, -0.2) is 4.98 Å². The van der Waals surface area contributed by atoms with Crippen molar-refractivity contribution in [2.75, 3.05) is 0 Å². The summed E-state index contributed by atoms with van der Waals surface area (Å²) in [6, 6.07) is 8.65. The molecule has 0 bridgehead atoms. The largest absolute Gasteiger partial charge is 0.264 e. The van der Waals surface area contributed by atoms with E-state index in [4.69, 9.17) is 0 Å². The number of benzene rings is 1. The van der Waals surface area contributed by atoms with Crippen molar-refractivity contribution in [1.29, 1.82) is 0 Å². The molecule has 0 amide bonds. The van der Waals surface area contributed by atoms with Crippen LogP contribution in [0.3, 0.4) is 0 Å². The van der Waals surface area contributed by atoms with Crippen LogP contribution in [0.5, 0.6) is 0 Å². The molecule has 14 heavy (non-hydrogen) atoms. The van der Waals surface area contributed by atoms with Crippen molar-refractivity contribution in [3.8, 4) is 0 Å². The van der Waals surface area contributed by atoms with Crippen LogP contribution in [0.25, 0.3) is 10.8 Å². The molecule has 3 rings (SSSR count). The van der Waals surface area contributed by atoms with E-state index in [0.717, 1.165) is 0 Å². The number of fused-ring (bicyclic) bond motifs is 1. The molecule has 1 nitrogen and oxygen atoms in total. The van der Waals surface area contributed by atoms with Gasteiger partial charge in [-0.2, -0.15) is 0 Å². The topological polar surface area (TPSA) is 12.9 Å². The van der Waals surface area contributed by atoms with Gasteiger partial charge in [0.25, 0.3) is 0 Å². The molecule has 0 atom stereocenters. The smallest absolute Gasteiger partial charge is 0.0349 e. The van der Waals surface area contributed by atoms with Gasteiger partial charge in [-0.3, -0.25) is 4.98 Å². The molecule has 2 aromatic rings. The van der Waals surface area contributed by atoms with E-state index >= 15 is 0 Å². The second kappa shape index (κ2) is 2.57. The molecule has 1 saturated carbocycles. The number of hydrogen-bond acceptors (Lipinski definition) is 1. The van der Waals surface area contributed by atoms with E-state index in [-0.39, 0.29) is 0 Å². The minimum absolute atomic E-state index is 0.433. The Labute approximate surface area is 83.8 Å². The third kappa shape index (κ3) is 1.05. The van der Waals surface area contributed by atoms with Crippen LogP contribution >= 0.6 is 0 Å². The van der Waals surface area contributed by atoms with Gasteiger partial charge in [-0.05, 0) is 35.3 Å². The van der Waals surface area contributed by atoms with Crippen LogP contribution in [0, 0.1) is 0 Å². The molecule has 1 aliphatic carbocycles. The first-order valence-corrected chi connectivity index (χ1v) is 5.13. The SMILES string of the molecule is CC1(c2cccc3ccncc23)CC1. The van der Waals surface area contributed by atoms with E-state index in [1.807, 2.05) is 12.4 Å². The van der Waals surface area contributed by atoms with E-state index in [1.54, 1.807) is 0 Å². The maximum Gasteiger partial charge on any atom is 0.0349 e. The number of pyridine rings is 1. The van der Waals surface area contributed by atoms with Crippen molar-refractivity contribution in [1.82, 2.24) is 4.98 Å². The van der Waals surface area contributed by atoms with Crippen molar-refractivity contribution in [2.45, 2.75) is 25.2 Å². The van der Waals surface area contributed by atoms with Crippen molar-refractivity contribution in [3.05, 3.63) is 42.2 Å². The van der Waals surface area contributed by atoms with E-state index in [2.05, 4.69) is 36.2 Å². The Morgan fingerprint density at radius 3 is 2.86 bits per heavy atom. The normalized spacial score (nSPS) is 18.4. The lowest BCUT2D eigenvalue weighted by Crippen LogP contribution is -2.00. The first kappa shape index (κ1) is 7.98. The first-order valence-electron chi connectivity index (χ1n) is 5.13. The van der Waals surface area contributed by atoms with Crippen molar-refractivity contribution in [2.24, 2.45) is 0 Å². The Hall–Kier alpha value is -1.37. The molecule has 1 aromatic heterocycles. The van der Waals surface area contributed by atoms with Crippen molar-refractivity contribution >= 4 is 10.8 Å². The van der Waals surface area contributed by atoms with E-state index < -0.39 is 0 Å². The minimum atomic E-state index is 0.433. The summed E-state index contributed by atoms with van der Waals surface area (Å²) in [5, 5.41) is 2.64. The molecule has 0 aliphatic heterocycles. The Kier molecular flexibility index (Phi) is 1.46. The third-order valence-corrected chi connectivity index (χ3v) is 3.33. The fourth-order valence-electron chi connectivity index (χ4n) is 2.10. The van der Waals surface area contributed by atoms with Crippen LogP contribution in [0.2, 0.25) is 0 Å². The molecule has 0 saturated heterocycles. The third-order valence-electron chi connectivity index (χ3n) is 3.33. The Morgan fingerprint density at radius 2 is 2.07 bits per heavy atom. The number of nitrogens with zero attached hydrogens (tertiary/aromatic N) is 1. The summed E-state index contributed by atoms with van der Waals surface area (Å²) in [5.41, 5.74) is 1.91. The molecule has 70 valence electrons. The molecule has 0 unspecified atom stereocenters. The van der Waals surface area contributed by atoms with Gasteiger partial charge in [-0.25, -0.2) is 0 Å². The lowest BCUT2D eigenvalue weighted by molar-refractivity contribution is 0.796. The quantitative estimate of drug-likeness (QED) is 0.661. The van der Waals surface area contributed by atoms with Gasteiger partial charge in [-0.1, -0.05) is 25.1 Å². The number of aromatic nitrogens is 1. The molecule has 1 fully saturated rings. The Balaban J connectivity index is 2.33. The highest BCUT2D eigenvalue weighted by Gasteiger charge is 2.39. The van der Waals surface area contributed by atoms with E-state index in [0.29, 0.717) is 5.41 Å². The zero-order valence-electron chi connectivity index (χ0n) is 8.33. The summed E-state index contributed by atoms with van der Waals surface area (Å²) in [5.74, 6) is 0. The lowest BCUT2D eigenvalue weighted by atomic mass is 9.94. The molecule has 0 N–H and O–H groups in total. The van der Waals surface area contributed by atoms with Gasteiger partial charge in [0.15, 0.2) is 0 Å². The Bertz CT molecular complexity index is 478. The molecule has 0 spiro atoms. The summed E-state index contributed by atoms with van der Waals surface area (Å²) >= 11 is 0. The van der Waals surface area contributed by atoms with Crippen molar-refractivity contribution in [3.63, 3.8) is 0 Å². The fourth-order valence-corrected chi connectivity index (χ4v) is 2.10. The van der Waals surface area contributed by atoms with Gasteiger partial charge in [0.05, 0.1) is 0 Å². The van der Waals surface area contributed by atoms with E-state index in [1.165, 1.54) is 29.2 Å².